The van der Waals surface area contributed by atoms with Gasteiger partial charge in [-0.3, -0.25) is 9.78 Å². The van der Waals surface area contributed by atoms with Gasteiger partial charge >= 0.3 is 0 Å². The summed E-state index contributed by atoms with van der Waals surface area (Å²) in [6.45, 7) is 4.61. The number of carbonyl (C=O) groups excluding carboxylic acids is 1. The molecule has 0 radical (unpaired) electrons. The molecular weight excluding hydrogens is 496 g/mol. The summed E-state index contributed by atoms with van der Waals surface area (Å²) in [6.07, 6.45) is 3.84. The number of methoxy groups -OCH3 is 1. The van der Waals surface area contributed by atoms with Crippen molar-refractivity contribution in [2.75, 3.05) is 19.0 Å². The Morgan fingerprint density at radius 3 is 2.50 bits per heavy atom. The molecule has 1 aliphatic heterocycles. The van der Waals surface area contributed by atoms with Crippen LogP contribution in [0.3, 0.4) is 0 Å². The van der Waals surface area contributed by atoms with E-state index in [2.05, 4.69) is 50.0 Å². The van der Waals surface area contributed by atoms with E-state index in [1.54, 1.807) is 19.5 Å². The molecule has 0 aliphatic carbocycles. The molecule has 4 heterocycles. The van der Waals surface area contributed by atoms with Crippen LogP contribution in [0.5, 0.6) is 5.75 Å². The van der Waals surface area contributed by atoms with Crippen LogP contribution in [0, 0.1) is 13.8 Å². The minimum Gasteiger partial charge on any atom is -0.495 e. The third kappa shape index (κ3) is 4.97. The van der Waals surface area contributed by atoms with E-state index in [4.69, 9.17) is 17.0 Å². The van der Waals surface area contributed by atoms with Gasteiger partial charge in [0.2, 0.25) is 5.91 Å². The fourth-order valence-electron chi connectivity index (χ4n) is 5.09. The molecule has 194 valence electrons. The fourth-order valence-corrected chi connectivity index (χ4v) is 5.42. The molecule has 1 fully saturated rings. The van der Waals surface area contributed by atoms with E-state index in [9.17, 15) is 4.79 Å². The molecule has 9 heteroatoms. The maximum atomic E-state index is 13.0. The summed E-state index contributed by atoms with van der Waals surface area (Å²) < 4.78 is 7.52. The minimum absolute atomic E-state index is 0.115. The number of ether oxygens (including phenoxy) is 1. The van der Waals surface area contributed by atoms with Gasteiger partial charge in [-0.25, -0.2) is 4.98 Å². The Kier molecular flexibility index (Phi) is 7.37. The van der Waals surface area contributed by atoms with Gasteiger partial charge in [0, 0.05) is 36.7 Å². The highest BCUT2D eigenvalue weighted by atomic mass is 32.1. The van der Waals surface area contributed by atoms with Crippen molar-refractivity contribution in [3.63, 3.8) is 0 Å². The van der Waals surface area contributed by atoms with Crippen LogP contribution in [0.25, 0.3) is 5.82 Å². The highest BCUT2D eigenvalue weighted by Crippen LogP contribution is 2.41. The van der Waals surface area contributed by atoms with Gasteiger partial charge in [-0.05, 0) is 74.1 Å². The van der Waals surface area contributed by atoms with Crippen LogP contribution >= 0.6 is 12.2 Å². The van der Waals surface area contributed by atoms with Crippen molar-refractivity contribution in [1.29, 1.82) is 0 Å². The molecule has 2 atom stereocenters. The van der Waals surface area contributed by atoms with Crippen LogP contribution in [-0.4, -0.2) is 44.1 Å². The topological polar surface area (TPSA) is 84.3 Å². The maximum absolute atomic E-state index is 13.0. The van der Waals surface area contributed by atoms with Crippen molar-refractivity contribution in [3.05, 3.63) is 102 Å². The summed E-state index contributed by atoms with van der Waals surface area (Å²) in [5, 5.41) is 7.04. The first kappa shape index (κ1) is 25.4. The van der Waals surface area contributed by atoms with Crippen molar-refractivity contribution >= 4 is 28.9 Å². The van der Waals surface area contributed by atoms with Crippen molar-refractivity contribution in [2.24, 2.45) is 0 Å². The fraction of sp³-hybridized carbons (Fsp3) is 0.241. The van der Waals surface area contributed by atoms with Crippen molar-refractivity contribution in [3.8, 4) is 11.6 Å². The zero-order valence-corrected chi connectivity index (χ0v) is 22.4. The Morgan fingerprint density at radius 1 is 1.05 bits per heavy atom. The average molecular weight is 527 g/mol. The molecule has 0 unspecified atom stereocenters. The summed E-state index contributed by atoms with van der Waals surface area (Å²) in [6, 6.07) is 21.0. The van der Waals surface area contributed by atoms with Gasteiger partial charge < -0.3 is 24.8 Å². The van der Waals surface area contributed by atoms with E-state index in [-0.39, 0.29) is 24.4 Å². The van der Waals surface area contributed by atoms with Gasteiger partial charge in [0.1, 0.15) is 11.6 Å². The first-order chi connectivity index (χ1) is 18.5. The zero-order chi connectivity index (χ0) is 26.6. The molecule has 4 aromatic rings. The summed E-state index contributed by atoms with van der Waals surface area (Å²) >= 11 is 5.81. The number of aryl methyl sites for hydroxylation is 1. The molecule has 0 bridgehead atoms. The SMILES string of the molecule is COc1ccccc1NC(=O)CCN1C(=S)N[C@H](c2ccccn2)[C@@H]1c1cc(C)n(-c2ccccn2)c1C. The number of carbonyl (C=O) groups is 1. The van der Waals surface area contributed by atoms with Crippen molar-refractivity contribution < 1.29 is 9.53 Å². The van der Waals surface area contributed by atoms with Crippen LogP contribution in [0.1, 0.15) is 41.1 Å². The molecule has 38 heavy (non-hydrogen) atoms. The molecule has 8 nitrogen and oxygen atoms in total. The molecule has 1 aromatic carbocycles. The molecule has 1 aliphatic rings. The predicted octanol–water partition coefficient (Wildman–Crippen LogP) is 4.89. The Morgan fingerprint density at radius 2 is 1.79 bits per heavy atom. The van der Waals surface area contributed by atoms with Crippen molar-refractivity contribution in [2.45, 2.75) is 32.4 Å². The summed E-state index contributed by atoms with van der Waals surface area (Å²) in [5.41, 5.74) is 4.79. The van der Waals surface area contributed by atoms with E-state index >= 15 is 0 Å². The Labute approximate surface area is 227 Å². The van der Waals surface area contributed by atoms with E-state index in [1.165, 1.54) is 0 Å². The molecule has 3 aromatic heterocycles. The monoisotopic (exact) mass is 526 g/mol. The summed E-state index contributed by atoms with van der Waals surface area (Å²) in [7, 11) is 1.59. The van der Waals surface area contributed by atoms with Gasteiger partial charge in [-0.2, -0.15) is 0 Å². The molecule has 1 amide bonds. The highest BCUT2D eigenvalue weighted by Gasteiger charge is 2.41. The first-order valence-corrected chi connectivity index (χ1v) is 12.9. The predicted molar refractivity (Wildman–Crippen MR) is 151 cm³/mol. The number of nitrogens with zero attached hydrogens (tertiary/aromatic N) is 4. The van der Waals surface area contributed by atoms with Crippen LogP contribution in [0.4, 0.5) is 5.69 Å². The number of pyridine rings is 2. The van der Waals surface area contributed by atoms with Crippen molar-refractivity contribution in [1.82, 2.24) is 24.8 Å². The largest absolute Gasteiger partial charge is 0.495 e. The molecule has 2 N–H and O–H groups in total. The first-order valence-electron chi connectivity index (χ1n) is 12.5. The lowest BCUT2D eigenvalue weighted by Gasteiger charge is -2.28. The lowest BCUT2D eigenvalue weighted by Crippen LogP contribution is -2.33. The number of rotatable bonds is 8. The normalized spacial score (nSPS) is 16.8. The minimum atomic E-state index is -0.168. The van der Waals surface area contributed by atoms with E-state index in [0.29, 0.717) is 23.1 Å². The van der Waals surface area contributed by atoms with E-state index in [1.807, 2.05) is 60.7 Å². The van der Waals surface area contributed by atoms with Gasteiger partial charge in [0.05, 0.1) is 30.6 Å². The zero-order valence-electron chi connectivity index (χ0n) is 21.6. The number of benzene rings is 1. The van der Waals surface area contributed by atoms with E-state index in [0.717, 1.165) is 28.5 Å². The summed E-state index contributed by atoms with van der Waals surface area (Å²) in [5.74, 6) is 1.37. The number of para-hydroxylation sites is 2. The van der Waals surface area contributed by atoms with Gasteiger partial charge in [0.25, 0.3) is 0 Å². The second-order valence-electron chi connectivity index (χ2n) is 9.17. The van der Waals surface area contributed by atoms with Crippen LogP contribution < -0.4 is 15.4 Å². The third-order valence-corrected chi connectivity index (χ3v) is 7.18. The van der Waals surface area contributed by atoms with Crippen LogP contribution in [0.2, 0.25) is 0 Å². The lowest BCUT2D eigenvalue weighted by molar-refractivity contribution is -0.116. The quantitative estimate of drug-likeness (QED) is 0.316. The summed E-state index contributed by atoms with van der Waals surface area (Å²) in [4.78, 5) is 24.3. The number of thiocarbonyl (C=S) groups is 1. The number of amides is 1. The van der Waals surface area contributed by atoms with Crippen LogP contribution in [-0.2, 0) is 4.79 Å². The van der Waals surface area contributed by atoms with Gasteiger partial charge in [0.15, 0.2) is 5.11 Å². The number of anilines is 1. The highest BCUT2D eigenvalue weighted by molar-refractivity contribution is 7.80. The number of hydrogen-bond acceptors (Lipinski definition) is 5. The molecular formula is C29H30N6O2S. The second-order valence-corrected chi connectivity index (χ2v) is 9.55. The number of nitrogens with one attached hydrogen (secondary N) is 2. The second kappa shape index (κ2) is 11.0. The molecule has 0 spiro atoms. The maximum Gasteiger partial charge on any atom is 0.226 e. The van der Waals surface area contributed by atoms with E-state index < -0.39 is 0 Å². The van der Waals surface area contributed by atoms with Gasteiger partial charge in [-0.1, -0.05) is 24.3 Å². The Hall–Kier alpha value is -4.24. The van der Waals surface area contributed by atoms with Gasteiger partial charge in [-0.15, -0.1) is 0 Å². The average Bonchev–Trinajstić information content (AvgIpc) is 3.42. The standard InChI is InChI=1S/C29H30N6O2S/c1-19-18-21(20(2)35(19)25-13-7-9-16-31-25)28-27(23-11-6-8-15-30-23)33-29(38)34(28)17-14-26(36)32-22-10-4-5-12-24(22)37-3/h4-13,15-16,18,27-28H,14,17H2,1-3H3,(H,32,36)(H,33,38)/t27-,28+/m1/s1. The number of hydrogen-bond donors (Lipinski definition) is 2. The molecule has 0 saturated carbocycles. The molecule has 5 rings (SSSR count). The Bertz CT molecular complexity index is 1440. The lowest BCUT2D eigenvalue weighted by atomic mass is 9.96. The van der Waals surface area contributed by atoms with Crippen LogP contribution in [0.15, 0.2) is 79.1 Å². The third-order valence-electron chi connectivity index (χ3n) is 6.83. The smallest absolute Gasteiger partial charge is 0.226 e. The molecule has 1 saturated heterocycles. The Balaban J connectivity index is 1.45. The number of aromatic nitrogens is 3.